The van der Waals surface area contributed by atoms with Crippen molar-refractivity contribution in [2.45, 2.75) is 19.9 Å². The zero-order valence-corrected chi connectivity index (χ0v) is 10.0. The van der Waals surface area contributed by atoms with Crippen LogP contribution in [0.2, 0.25) is 0 Å². The topological polar surface area (TPSA) is 75.1 Å². The second kappa shape index (κ2) is 3.73. The number of aromatic carboxylic acids is 1. The van der Waals surface area contributed by atoms with Gasteiger partial charge >= 0.3 is 11.7 Å². The van der Waals surface area contributed by atoms with Gasteiger partial charge in [-0.2, -0.15) is 0 Å². The fraction of sp³-hybridized carbons (Fsp3) is 0.385. The van der Waals surface area contributed by atoms with Gasteiger partial charge in [0.1, 0.15) is 0 Å². The lowest BCUT2D eigenvalue weighted by molar-refractivity contribution is 0.0697. The van der Waals surface area contributed by atoms with E-state index in [4.69, 9.17) is 5.11 Å². The van der Waals surface area contributed by atoms with E-state index >= 15 is 0 Å². The molecular formula is C13H14N2O3. The molecule has 0 aliphatic heterocycles. The van der Waals surface area contributed by atoms with E-state index in [9.17, 15) is 9.59 Å². The summed E-state index contributed by atoms with van der Waals surface area (Å²) >= 11 is 0. The maximum absolute atomic E-state index is 11.8. The fourth-order valence-electron chi connectivity index (χ4n) is 2.37. The molecule has 1 saturated carbocycles. The highest BCUT2D eigenvalue weighted by molar-refractivity contribution is 5.92. The van der Waals surface area contributed by atoms with Crippen LogP contribution in [0.3, 0.4) is 0 Å². The number of fused-ring (bicyclic) bond motifs is 1. The number of benzene rings is 1. The minimum absolute atomic E-state index is 0.161. The van der Waals surface area contributed by atoms with Crippen molar-refractivity contribution in [1.82, 2.24) is 9.55 Å². The maximum Gasteiger partial charge on any atom is 0.335 e. The Morgan fingerprint density at radius 2 is 2.28 bits per heavy atom. The van der Waals surface area contributed by atoms with E-state index < -0.39 is 5.97 Å². The first kappa shape index (κ1) is 11.1. The SMILES string of the molecule is CC1CC1Cn1c(=O)[nH]c2cc(C(=O)O)ccc21. The van der Waals surface area contributed by atoms with Crippen molar-refractivity contribution in [2.75, 3.05) is 0 Å². The van der Waals surface area contributed by atoms with Gasteiger partial charge in [-0.3, -0.25) is 4.57 Å². The molecule has 1 fully saturated rings. The molecule has 2 unspecified atom stereocenters. The number of nitrogens with zero attached hydrogens (tertiary/aromatic N) is 1. The standard InChI is InChI=1S/C13H14N2O3/c1-7-4-9(7)6-15-11-3-2-8(12(16)17)5-10(11)14-13(15)18/h2-3,5,7,9H,4,6H2,1H3,(H,14,18)(H,16,17). The highest BCUT2D eigenvalue weighted by Gasteiger charge is 2.33. The molecule has 18 heavy (non-hydrogen) atoms. The van der Waals surface area contributed by atoms with Gasteiger partial charge in [0.05, 0.1) is 16.6 Å². The van der Waals surface area contributed by atoms with Crippen LogP contribution >= 0.6 is 0 Å². The van der Waals surface area contributed by atoms with Crippen LogP contribution in [0.15, 0.2) is 23.0 Å². The first-order valence-corrected chi connectivity index (χ1v) is 6.02. The maximum atomic E-state index is 11.8. The summed E-state index contributed by atoms with van der Waals surface area (Å²) < 4.78 is 1.70. The van der Waals surface area contributed by atoms with Crippen LogP contribution in [-0.2, 0) is 6.54 Å². The number of imidazole rings is 1. The highest BCUT2D eigenvalue weighted by atomic mass is 16.4. The predicted molar refractivity (Wildman–Crippen MR) is 66.8 cm³/mol. The lowest BCUT2D eigenvalue weighted by Crippen LogP contribution is -2.17. The summed E-state index contributed by atoms with van der Waals surface area (Å²) in [5, 5.41) is 8.91. The molecule has 1 aromatic heterocycles. The summed E-state index contributed by atoms with van der Waals surface area (Å²) in [6.45, 7) is 2.89. The molecule has 2 atom stereocenters. The summed E-state index contributed by atoms with van der Waals surface area (Å²) in [5.74, 6) is 0.266. The number of nitrogens with one attached hydrogen (secondary N) is 1. The van der Waals surface area contributed by atoms with Gasteiger partial charge in [0.2, 0.25) is 0 Å². The van der Waals surface area contributed by atoms with Crippen LogP contribution < -0.4 is 5.69 Å². The van der Waals surface area contributed by atoms with Gasteiger partial charge in [0.15, 0.2) is 0 Å². The van der Waals surface area contributed by atoms with E-state index in [1.165, 1.54) is 12.1 Å². The van der Waals surface area contributed by atoms with Crippen molar-refractivity contribution in [3.8, 4) is 0 Å². The molecule has 1 aromatic carbocycles. The number of aromatic nitrogens is 2. The molecule has 0 amide bonds. The number of carbonyl (C=O) groups is 1. The molecule has 5 heteroatoms. The number of H-pyrrole nitrogens is 1. The van der Waals surface area contributed by atoms with Crippen molar-refractivity contribution in [3.63, 3.8) is 0 Å². The molecule has 0 bridgehead atoms. The Morgan fingerprint density at radius 3 is 2.89 bits per heavy atom. The van der Waals surface area contributed by atoms with E-state index in [0.717, 1.165) is 11.9 Å². The predicted octanol–water partition coefficient (Wildman–Crippen LogP) is 1.68. The average Bonchev–Trinajstić information content (AvgIpc) is 2.92. The second-order valence-electron chi connectivity index (χ2n) is 5.05. The zero-order chi connectivity index (χ0) is 12.9. The van der Waals surface area contributed by atoms with Gasteiger partial charge < -0.3 is 10.1 Å². The van der Waals surface area contributed by atoms with E-state index in [-0.39, 0.29) is 11.3 Å². The first-order chi connectivity index (χ1) is 8.56. The number of aromatic amines is 1. The third kappa shape index (κ3) is 1.72. The molecule has 2 aromatic rings. The lowest BCUT2D eigenvalue weighted by atomic mass is 10.2. The third-order valence-electron chi connectivity index (χ3n) is 3.71. The largest absolute Gasteiger partial charge is 0.478 e. The molecule has 0 saturated heterocycles. The van der Waals surface area contributed by atoms with Gasteiger partial charge in [-0.05, 0) is 36.5 Å². The Balaban J connectivity index is 2.06. The van der Waals surface area contributed by atoms with Crippen molar-refractivity contribution in [2.24, 2.45) is 11.8 Å². The van der Waals surface area contributed by atoms with Gasteiger partial charge in [-0.1, -0.05) is 6.92 Å². The van der Waals surface area contributed by atoms with E-state index in [2.05, 4.69) is 11.9 Å². The smallest absolute Gasteiger partial charge is 0.335 e. The lowest BCUT2D eigenvalue weighted by Gasteiger charge is -2.02. The Hall–Kier alpha value is -2.04. The van der Waals surface area contributed by atoms with Gasteiger partial charge in [-0.15, -0.1) is 0 Å². The van der Waals surface area contributed by atoms with Crippen molar-refractivity contribution in [1.29, 1.82) is 0 Å². The Bertz CT molecular complexity index is 683. The Morgan fingerprint density at radius 1 is 1.56 bits per heavy atom. The molecule has 1 aliphatic rings. The molecule has 0 radical (unpaired) electrons. The van der Waals surface area contributed by atoms with Crippen molar-refractivity contribution in [3.05, 3.63) is 34.2 Å². The van der Waals surface area contributed by atoms with Crippen LogP contribution in [0.1, 0.15) is 23.7 Å². The molecule has 94 valence electrons. The average molecular weight is 246 g/mol. The zero-order valence-electron chi connectivity index (χ0n) is 10.0. The molecule has 2 N–H and O–H groups in total. The Labute approximate surface area is 103 Å². The number of carboxylic acids is 1. The Kier molecular flexibility index (Phi) is 2.29. The van der Waals surface area contributed by atoms with E-state index in [0.29, 0.717) is 23.9 Å². The molecule has 1 heterocycles. The van der Waals surface area contributed by atoms with Crippen LogP contribution in [0.25, 0.3) is 11.0 Å². The van der Waals surface area contributed by atoms with Gasteiger partial charge in [0, 0.05) is 6.54 Å². The summed E-state index contributed by atoms with van der Waals surface area (Å²) in [6, 6.07) is 4.74. The number of carboxylic acid groups (broad SMARTS) is 1. The minimum atomic E-state index is -0.985. The van der Waals surface area contributed by atoms with Crippen LogP contribution in [0, 0.1) is 11.8 Å². The molecule has 5 nitrogen and oxygen atoms in total. The minimum Gasteiger partial charge on any atom is -0.478 e. The van der Waals surface area contributed by atoms with E-state index in [1.54, 1.807) is 10.6 Å². The quantitative estimate of drug-likeness (QED) is 0.865. The molecule has 3 rings (SSSR count). The van der Waals surface area contributed by atoms with E-state index in [1.807, 2.05) is 0 Å². The van der Waals surface area contributed by atoms with Crippen LogP contribution in [-0.4, -0.2) is 20.6 Å². The highest BCUT2D eigenvalue weighted by Crippen LogP contribution is 2.39. The molecule has 0 spiro atoms. The summed E-state index contributed by atoms with van der Waals surface area (Å²) in [5.41, 5.74) is 1.40. The number of hydrogen-bond acceptors (Lipinski definition) is 2. The van der Waals surface area contributed by atoms with Crippen LogP contribution in [0.4, 0.5) is 0 Å². The normalized spacial score (nSPS) is 22.3. The van der Waals surface area contributed by atoms with Crippen LogP contribution in [0.5, 0.6) is 0 Å². The van der Waals surface area contributed by atoms with Crippen molar-refractivity contribution < 1.29 is 9.90 Å². The van der Waals surface area contributed by atoms with Crippen molar-refractivity contribution >= 4 is 17.0 Å². The molecule has 1 aliphatic carbocycles. The summed E-state index contributed by atoms with van der Waals surface area (Å²) in [4.78, 5) is 25.4. The molecular weight excluding hydrogens is 232 g/mol. The summed E-state index contributed by atoms with van der Waals surface area (Å²) in [7, 11) is 0. The first-order valence-electron chi connectivity index (χ1n) is 6.02. The van der Waals surface area contributed by atoms with Gasteiger partial charge in [-0.25, -0.2) is 9.59 Å². The van der Waals surface area contributed by atoms with Gasteiger partial charge in [0.25, 0.3) is 0 Å². The third-order valence-corrected chi connectivity index (χ3v) is 3.71. The summed E-state index contributed by atoms with van der Waals surface area (Å²) in [6.07, 6.45) is 1.16. The monoisotopic (exact) mass is 246 g/mol. The number of hydrogen-bond donors (Lipinski definition) is 2. The fourth-order valence-corrected chi connectivity index (χ4v) is 2.37. The second-order valence-corrected chi connectivity index (χ2v) is 5.05. The number of rotatable bonds is 3.